The van der Waals surface area contributed by atoms with Gasteiger partial charge >= 0.3 is 0 Å². The highest BCUT2D eigenvalue weighted by molar-refractivity contribution is 7.92. The Hall–Kier alpha value is -2.85. The minimum atomic E-state index is -4.05. The lowest BCUT2D eigenvalue weighted by Crippen LogP contribution is -2.56. The third-order valence-corrected chi connectivity index (χ3v) is 8.17. The number of halogens is 4. The van der Waals surface area contributed by atoms with Crippen molar-refractivity contribution < 1.29 is 22.4 Å². The van der Waals surface area contributed by atoms with Crippen molar-refractivity contribution in [3.8, 4) is 0 Å². The van der Waals surface area contributed by atoms with Crippen molar-refractivity contribution in [3.05, 3.63) is 98.7 Å². The molecule has 0 unspecified atom stereocenters. The van der Waals surface area contributed by atoms with Crippen LogP contribution >= 0.6 is 34.8 Å². The third-order valence-electron chi connectivity index (χ3n) is 6.03. The molecule has 3 aromatic carbocycles. The van der Waals surface area contributed by atoms with E-state index in [2.05, 4.69) is 5.32 Å². The second-order valence-corrected chi connectivity index (χ2v) is 13.7. The number of amides is 2. The molecule has 0 heterocycles. The van der Waals surface area contributed by atoms with E-state index in [1.165, 1.54) is 11.0 Å². The first-order chi connectivity index (χ1) is 19.1. The zero-order chi connectivity index (χ0) is 30.5. The topological polar surface area (TPSA) is 86.8 Å². The fourth-order valence-electron chi connectivity index (χ4n) is 4.11. The number of rotatable bonds is 10. The van der Waals surface area contributed by atoms with Crippen molar-refractivity contribution >= 4 is 62.3 Å². The van der Waals surface area contributed by atoms with E-state index in [0.29, 0.717) is 5.56 Å². The van der Waals surface area contributed by atoms with E-state index in [4.69, 9.17) is 34.8 Å². The van der Waals surface area contributed by atoms with Gasteiger partial charge in [-0.05, 0) is 56.7 Å². The van der Waals surface area contributed by atoms with Crippen LogP contribution in [0, 0.1) is 5.82 Å². The molecule has 0 spiro atoms. The first-order valence-corrected chi connectivity index (χ1v) is 15.6. The highest BCUT2D eigenvalue weighted by atomic mass is 35.5. The molecule has 0 aliphatic heterocycles. The summed E-state index contributed by atoms with van der Waals surface area (Å²) < 4.78 is 40.3. The molecule has 220 valence electrons. The molecule has 0 saturated carbocycles. The average molecular weight is 643 g/mol. The lowest BCUT2D eigenvalue weighted by molar-refractivity contribution is -0.140. The number of nitrogens with one attached hydrogen (secondary N) is 1. The molecule has 1 N–H and O–H groups in total. The van der Waals surface area contributed by atoms with E-state index < -0.39 is 45.8 Å². The Balaban J connectivity index is 2.13. The zero-order valence-electron chi connectivity index (χ0n) is 23.0. The molecular formula is C29H31Cl3FN3O4S. The minimum Gasteiger partial charge on any atom is -0.350 e. The van der Waals surface area contributed by atoms with Gasteiger partial charge in [-0.1, -0.05) is 71.2 Å². The van der Waals surface area contributed by atoms with Gasteiger partial charge in [-0.15, -0.1) is 0 Å². The van der Waals surface area contributed by atoms with E-state index in [1.807, 2.05) is 51.1 Å². The minimum absolute atomic E-state index is 0.0123. The second-order valence-electron chi connectivity index (χ2n) is 10.5. The van der Waals surface area contributed by atoms with Crippen LogP contribution in [-0.4, -0.2) is 49.5 Å². The molecule has 0 aromatic heterocycles. The quantitative estimate of drug-likeness (QED) is 0.289. The fraction of sp³-hybridized carbons (Fsp3) is 0.310. The smallest absolute Gasteiger partial charge is 0.244 e. The van der Waals surface area contributed by atoms with Crippen molar-refractivity contribution in [2.75, 3.05) is 17.1 Å². The van der Waals surface area contributed by atoms with Gasteiger partial charge in [-0.3, -0.25) is 13.9 Å². The van der Waals surface area contributed by atoms with Gasteiger partial charge in [0.05, 0.1) is 17.0 Å². The number of carbonyl (C=O) groups is 2. The molecule has 0 fully saturated rings. The molecule has 12 heteroatoms. The molecular weight excluding hydrogens is 612 g/mol. The van der Waals surface area contributed by atoms with Gasteiger partial charge in [0.1, 0.15) is 18.4 Å². The van der Waals surface area contributed by atoms with Crippen LogP contribution in [0.1, 0.15) is 31.9 Å². The normalized spacial score (nSPS) is 12.5. The Bertz CT molecular complexity index is 1500. The molecule has 41 heavy (non-hydrogen) atoms. The molecule has 2 amide bonds. The molecule has 1 atom stereocenters. The van der Waals surface area contributed by atoms with Crippen LogP contribution in [0.5, 0.6) is 0 Å². The van der Waals surface area contributed by atoms with Crippen LogP contribution in [0.25, 0.3) is 0 Å². The summed E-state index contributed by atoms with van der Waals surface area (Å²) in [5.74, 6) is -1.91. The second kappa shape index (κ2) is 13.4. The molecule has 0 saturated heterocycles. The number of benzene rings is 3. The van der Waals surface area contributed by atoms with Crippen LogP contribution in [0.3, 0.4) is 0 Å². The van der Waals surface area contributed by atoms with Crippen molar-refractivity contribution in [2.45, 2.75) is 45.3 Å². The largest absolute Gasteiger partial charge is 0.350 e. The summed E-state index contributed by atoms with van der Waals surface area (Å²) >= 11 is 18.8. The van der Waals surface area contributed by atoms with Crippen LogP contribution in [-0.2, 0) is 32.6 Å². The SMILES string of the molecule is CC(C)(C)NC(=O)[C@H](Cc1ccccc1)N(Cc1c(Cl)cccc1Cl)C(=O)CN(c1ccc(F)c(Cl)c1)S(C)(=O)=O. The average Bonchev–Trinajstić information content (AvgIpc) is 2.86. The van der Waals surface area contributed by atoms with Gasteiger partial charge in [0.2, 0.25) is 21.8 Å². The number of hydrogen-bond acceptors (Lipinski definition) is 4. The van der Waals surface area contributed by atoms with Gasteiger partial charge < -0.3 is 10.2 Å². The van der Waals surface area contributed by atoms with E-state index in [1.54, 1.807) is 18.2 Å². The van der Waals surface area contributed by atoms with Crippen LogP contribution in [0.4, 0.5) is 10.1 Å². The third kappa shape index (κ3) is 9.07. The van der Waals surface area contributed by atoms with Gasteiger partial charge in [0.25, 0.3) is 0 Å². The van der Waals surface area contributed by atoms with E-state index in [9.17, 15) is 22.4 Å². The van der Waals surface area contributed by atoms with E-state index in [0.717, 1.165) is 28.3 Å². The molecule has 0 bridgehead atoms. The molecule has 0 aliphatic carbocycles. The molecule has 7 nitrogen and oxygen atoms in total. The maximum absolute atomic E-state index is 14.1. The summed E-state index contributed by atoms with van der Waals surface area (Å²) in [6, 6.07) is 16.2. The zero-order valence-corrected chi connectivity index (χ0v) is 26.1. The lowest BCUT2D eigenvalue weighted by atomic mass is 10.0. The predicted octanol–water partition coefficient (Wildman–Crippen LogP) is 6.11. The number of sulfonamides is 1. The first kappa shape index (κ1) is 32.7. The Morgan fingerprint density at radius 2 is 1.54 bits per heavy atom. The monoisotopic (exact) mass is 641 g/mol. The maximum atomic E-state index is 14.1. The lowest BCUT2D eigenvalue weighted by Gasteiger charge is -2.35. The Morgan fingerprint density at radius 3 is 2.07 bits per heavy atom. The van der Waals surface area contributed by atoms with Gasteiger partial charge in [0.15, 0.2) is 0 Å². The highest BCUT2D eigenvalue weighted by Gasteiger charge is 2.35. The summed E-state index contributed by atoms with van der Waals surface area (Å²) in [7, 11) is -4.05. The van der Waals surface area contributed by atoms with Gasteiger partial charge in [-0.25, -0.2) is 12.8 Å². The van der Waals surface area contributed by atoms with Crippen LogP contribution in [0.2, 0.25) is 15.1 Å². The van der Waals surface area contributed by atoms with Crippen molar-refractivity contribution in [1.29, 1.82) is 0 Å². The summed E-state index contributed by atoms with van der Waals surface area (Å²) in [5, 5.41) is 3.17. The van der Waals surface area contributed by atoms with Crippen molar-refractivity contribution in [1.82, 2.24) is 10.2 Å². The van der Waals surface area contributed by atoms with Crippen molar-refractivity contribution in [2.24, 2.45) is 0 Å². The Labute approximate surface area is 255 Å². The number of hydrogen-bond donors (Lipinski definition) is 1. The first-order valence-electron chi connectivity index (χ1n) is 12.6. The maximum Gasteiger partial charge on any atom is 0.244 e. The molecule has 3 rings (SSSR count). The standard InChI is InChI=1S/C29H31Cl3FN3O4S/c1-29(2,3)34-28(38)26(15-19-9-6-5-7-10-19)35(17-21-22(30)11-8-12-23(21)31)27(37)18-36(41(4,39)40)20-13-14-25(33)24(32)16-20/h5-14,16,26H,15,17-18H2,1-4H3,(H,34,38)/t26-/m0/s1. The van der Waals surface area contributed by atoms with Crippen LogP contribution in [0.15, 0.2) is 66.7 Å². The Kier molecular flexibility index (Phi) is 10.7. The Morgan fingerprint density at radius 1 is 0.927 bits per heavy atom. The molecule has 3 aromatic rings. The van der Waals surface area contributed by atoms with Gasteiger partial charge in [0, 0.05) is 34.1 Å². The van der Waals surface area contributed by atoms with E-state index in [-0.39, 0.29) is 33.7 Å². The highest BCUT2D eigenvalue weighted by Crippen LogP contribution is 2.29. The molecule has 0 aliphatic rings. The number of anilines is 1. The van der Waals surface area contributed by atoms with Crippen molar-refractivity contribution in [3.63, 3.8) is 0 Å². The summed E-state index contributed by atoms with van der Waals surface area (Å²) in [6.07, 6.45) is 1.04. The van der Waals surface area contributed by atoms with Gasteiger partial charge in [-0.2, -0.15) is 0 Å². The summed E-state index contributed by atoms with van der Waals surface area (Å²) in [5.41, 5.74) is 0.519. The number of carbonyl (C=O) groups excluding carboxylic acids is 2. The fourth-order valence-corrected chi connectivity index (χ4v) is 5.65. The predicted molar refractivity (Wildman–Crippen MR) is 162 cm³/mol. The summed E-state index contributed by atoms with van der Waals surface area (Å²) in [4.78, 5) is 29.1. The summed E-state index contributed by atoms with van der Waals surface area (Å²) in [6.45, 7) is 4.55. The van der Waals surface area contributed by atoms with Crippen LogP contribution < -0.4 is 9.62 Å². The molecule has 0 radical (unpaired) electrons. The number of nitrogens with zero attached hydrogens (tertiary/aromatic N) is 2. The van der Waals surface area contributed by atoms with E-state index >= 15 is 0 Å².